The lowest BCUT2D eigenvalue weighted by atomic mass is 9.61. The number of hydrogen-bond donors (Lipinski definition) is 0. The van der Waals surface area contributed by atoms with Gasteiger partial charge in [-0.3, -0.25) is 14.4 Å². The molecule has 0 bridgehead atoms. The highest BCUT2D eigenvalue weighted by molar-refractivity contribution is 6.24. The van der Waals surface area contributed by atoms with Crippen molar-refractivity contribution in [2.24, 2.45) is 11.3 Å². The zero-order valence-corrected chi connectivity index (χ0v) is 12.4. The van der Waals surface area contributed by atoms with Crippen LogP contribution in [-0.4, -0.2) is 23.6 Å². The number of fused-ring (bicyclic) bond motifs is 1. The van der Waals surface area contributed by atoms with E-state index < -0.39 is 5.41 Å². The molecule has 1 fully saturated rings. The maximum absolute atomic E-state index is 12.1. The van der Waals surface area contributed by atoms with Crippen molar-refractivity contribution in [1.29, 1.82) is 0 Å². The standard InChI is InChI=1S/C16H20O4/c1-9-5-6-15(20-11(3)18)13-7-14(19)12(10(2)17)8-16(9,13)4/h7-9,15H,5-6H2,1-4H3. The van der Waals surface area contributed by atoms with Crippen LogP contribution in [0.3, 0.4) is 0 Å². The average Bonchev–Trinajstić information content (AvgIpc) is 2.34. The number of allylic oxidation sites excluding steroid dienone is 3. The summed E-state index contributed by atoms with van der Waals surface area (Å²) in [6.45, 7) is 6.89. The van der Waals surface area contributed by atoms with Gasteiger partial charge in [-0.25, -0.2) is 0 Å². The fraction of sp³-hybridized carbons (Fsp3) is 0.562. The van der Waals surface area contributed by atoms with Crippen molar-refractivity contribution >= 4 is 17.5 Å². The molecule has 4 nitrogen and oxygen atoms in total. The molecule has 0 aromatic carbocycles. The van der Waals surface area contributed by atoms with Crippen molar-refractivity contribution < 1.29 is 19.1 Å². The van der Waals surface area contributed by atoms with E-state index in [0.717, 1.165) is 18.4 Å². The third-order valence-corrected chi connectivity index (χ3v) is 4.54. The lowest BCUT2D eigenvalue weighted by Gasteiger charge is -2.45. The first-order valence-electron chi connectivity index (χ1n) is 6.93. The molecule has 0 aliphatic heterocycles. The number of rotatable bonds is 2. The van der Waals surface area contributed by atoms with Gasteiger partial charge in [-0.15, -0.1) is 0 Å². The van der Waals surface area contributed by atoms with Crippen molar-refractivity contribution in [3.63, 3.8) is 0 Å². The fourth-order valence-corrected chi connectivity index (χ4v) is 3.15. The van der Waals surface area contributed by atoms with Gasteiger partial charge in [0.15, 0.2) is 11.6 Å². The Kier molecular flexibility index (Phi) is 3.67. The van der Waals surface area contributed by atoms with Gasteiger partial charge < -0.3 is 4.74 Å². The van der Waals surface area contributed by atoms with Gasteiger partial charge in [-0.05, 0) is 37.3 Å². The molecule has 0 saturated heterocycles. The lowest BCUT2D eigenvalue weighted by Crippen LogP contribution is -2.42. The van der Waals surface area contributed by atoms with Gasteiger partial charge in [0.1, 0.15) is 6.10 Å². The number of ether oxygens (including phenoxy) is 1. The Morgan fingerprint density at radius 3 is 2.50 bits per heavy atom. The summed E-state index contributed by atoms with van der Waals surface area (Å²) in [6.07, 6.45) is 4.52. The summed E-state index contributed by atoms with van der Waals surface area (Å²) in [5.74, 6) is -0.547. The number of Topliss-reactive ketones (excluding diaryl/α,β-unsaturated/α-hetero) is 1. The van der Waals surface area contributed by atoms with Gasteiger partial charge in [0.05, 0.1) is 5.57 Å². The van der Waals surface area contributed by atoms with Gasteiger partial charge >= 0.3 is 5.97 Å². The van der Waals surface area contributed by atoms with Crippen LogP contribution >= 0.6 is 0 Å². The van der Waals surface area contributed by atoms with Crippen molar-refractivity contribution in [3.8, 4) is 0 Å². The molecule has 4 heteroatoms. The molecule has 0 aromatic heterocycles. The maximum Gasteiger partial charge on any atom is 0.303 e. The first kappa shape index (κ1) is 14.7. The van der Waals surface area contributed by atoms with E-state index in [-0.39, 0.29) is 29.2 Å². The van der Waals surface area contributed by atoms with Crippen LogP contribution in [-0.2, 0) is 19.1 Å². The first-order chi connectivity index (χ1) is 9.25. The van der Waals surface area contributed by atoms with Gasteiger partial charge in [-0.1, -0.05) is 19.9 Å². The molecule has 108 valence electrons. The van der Waals surface area contributed by atoms with Crippen LogP contribution in [0.5, 0.6) is 0 Å². The number of hydrogen-bond acceptors (Lipinski definition) is 4. The highest BCUT2D eigenvalue weighted by Crippen LogP contribution is 2.49. The van der Waals surface area contributed by atoms with Gasteiger partial charge in [0.25, 0.3) is 0 Å². The minimum Gasteiger partial charge on any atom is -0.458 e. The summed E-state index contributed by atoms with van der Waals surface area (Å²) in [5, 5.41) is 0. The number of carbonyl (C=O) groups is 3. The van der Waals surface area contributed by atoms with E-state index in [1.165, 1.54) is 19.9 Å². The minimum absolute atomic E-state index is 0.215. The summed E-state index contributed by atoms with van der Waals surface area (Å²) < 4.78 is 5.34. The Morgan fingerprint density at radius 1 is 1.30 bits per heavy atom. The van der Waals surface area contributed by atoms with Crippen LogP contribution in [0.1, 0.15) is 40.5 Å². The second-order valence-electron chi connectivity index (χ2n) is 5.94. The second kappa shape index (κ2) is 5.00. The molecule has 1 saturated carbocycles. The molecule has 0 spiro atoms. The SMILES string of the molecule is CC(=O)OC1CCC(C)C2(C)C=C(C(C)=O)C(=O)C=C12. The second-order valence-corrected chi connectivity index (χ2v) is 5.94. The molecule has 3 unspecified atom stereocenters. The molecule has 0 amide bonds. The first-order valence-corrected chi connectivity index (χ1v) is 6.93. The normalized spacial score (nSPS) is 32.9. The third-order valence-electron chi connectivity index (χ3n) is 4.54. The Bertz CT molecular complexity index is 541. The Hall–Kier alpha value is -1.71. The predicted octanol–water partition coefficient (Wildman–Crippen LogP) is 2.38. The van der Waals surface area contributed by atoms with Crippen molar-refractivity contribution in [2.45, 2.75) is 46.6 Å². The van der Waals surface area contributed by atoms with Crippen LogP contribution < -0.4 is 0 Å². The third kappa shape index (κ3) is 2.35. The van der Waals surface area contributed by atoms with Crippen molar-refractivity contribution in [2.75, 3.05) is 0 Å². The van der Waals surface area contributed by atoms with E-state index in [0.29, 0.717) is 5.92 Å². The molecule has 0 radical (unpaired) electrons. The predicted molar refractivity (Wildman–Crippen MR) is 73.9 cm³/mol. The molecule has 3 atom stereocenters. The molecule has 2 rings (SSSR count). The van der Waals surface area contributed by atoms with Crippen LogP contribution in [0.15, 0.2) is 23.3 Å². The maximum atomic E-state index is 12.1. The Balaban J connectivity index is 2.46. The largest absolute Gasteiger partial charge is 0.458 e. The molecule has 20 heavy (non-hydrogen) atoms. The van der Waals surface area contributed by atoms with E-state index in [1.807, 2.05) is 6.92 Å². The average molecular weight is 276 g/mol. The van der Waals surface area contributed by atoms with E-state index in [9.17, 15) is 14.4 Å². The van der Waals surface area contributed by atoms with E-state index in [1.54, 1.807) is 6.08 Å². The number of esters is 1. The molecule has 0 heterocycles. The van der Waals surface area contributed by atoms with Crippen molar-refractivity contribution in [3.05, 3.63) is 23.3 Å². The van der Waals surface area contributed by atoms with E-state index in [2.05, 4.69) is 6.92 Å². The van der Waals surface area contributed by atoms with Crippen molar-refractivity contribution in [1.82, 2.24) is 0 Å². The topological polar surface area (TPSA) is 60.4 Å². The molecular formula is C16H20O4. The van der Waals surface area contributed by atoms with Crippen LogP contribution in [0, 0.1) is 11.3 Å². The zero-order valence-electron chi connectivity index (χ0n) is 12.4. The van der Waals surface area contributed by atoms with Gasteiger partial charge in [-0.2, -0.15) is 0 Å². The van der Waals surface area contributed by atoms with Crippen LogP contribution in [0.4, 0.5) is 0 Å². The smallest absolute Gasteiger partial charge is 0.303 e. The quantitative estimate of drug-likeness (QED) is 0.574. The molecular weight excluding hydrogens is 256 g/mol. The van der Waals surface area contributed by atoms with Gasteiger partial charge in [0, 0.05) is 12.3 Å². The molecule has 2 aliphatic rings. The summed E-state index contributed by atoms with van der Waals surface area (Å²) >= 11 is 0. The number of carbonyl (C=O) groups excluding carboxylic acids is 3. The Labute approximate surface area is 118 Å². The number of ketones is 2. The summed E-state index contributed by atoms with van der Waals surface area (Å²) in [5.41, 5.74) is 0.667. The highest BCUT2D eigenvalue weighted by Gasteiger charge is 2.45. The highest BCUT2D eigenvalue weighted by atomic mass is 16.5. The minimum atomic E-state index is -0.396. The fourth-order valence-electron chi connectivity index (χ4n) is 3.15. The zero-order chi connectivity index (χ0) is 15.1. The van der Waals surface area contributed by atoms with Gasteiger partial charge in [0.2, 0.25) is 0 Å². The monoisotopic (exact) mass is 276 g/mol. The lowest BCUT2D eigenvalue weighted by molar-refractivity contribution is -0.146. The molecule has 0 N–H and O–H groups in total. The summed E-state index contributed by atoms with van der Waals surface area (Å²) in [4.78, 5) is 34.9. The molecule has 0 aromatic rings. The summed E-state index contributed by atoms with van der Waals surface area (Å²) in [7, 11) is 0. The van der Waals surface area contributed by atoms with Crippen LogP contribution in [0.25, 0.3) is 0 Å². The summed E-state index contributed by atoms with van der Waals surface area (Å²) in [6, 6.07) is 0. The van der Waals surface area contributed by atoms with E-state index >= 15 is 0 Å². The van der Waals surface area contributed by atoms with E-state index in [4.69, 9.17) is 4.74 Å². The van der Waals surface area contributed by atoms with Crippen LogP contribution in [0.2, 0.25) is 0 Å². The molecule has 2 aliphatic carbocycles. The Morgan fingerprint density at radius 2 is 1.95 bits per heavy atom.